The van der Waals surface area contributed by atoms with E-state index in [0.29, 0.717) is 5.88 Å². The van der Waals surface area contributed by atoms with E-state index in [1.165, 1.54) is 0 Å². The molecule has 0 spiro atoms. The molecule has 0 radical (unpaired) electrons. The molecular formula is C11H17ClO2. The summed E-state index contributed by atoms with van der Waals surface area (Å²) in [5.41, 5.74) is 0.816. The van der Waals surface area contributed by atoms with Crippen LogP contribution in [0.3, 0.4) is 0 Å². The number of carbonyl (C=O) groups is 1. The van der Waals surface area contributed by atoms with E-state index in [9.17, 15) is 4.79 Å². The Kier molecular flexibility index (Phi) is 8.59. The lowest BCUT2D eigenvalue weighted by atomic mass is 10.1. The highest BCUT2D eigenvalue weighted by molar-refractivity contribution is 6.18. The van der Waals surface area contributed by atoms with E-state index in [1.54, 1.807) is 7.11 Å². The van der Waals surface area contributed by atoms with E-state index in [4.69, 9.17) is 16.3 Å². The van der Waals surface area contributed by atoms with Gasteiger partial charge in [-0.25, -0.2) is 0 Å². The zero-order chi connectivity index (χ0) is 10.8. The summed E-state index contributed by atoms with van der Waals surface area (Å²) in [6.07, 6.45) is 9.01. The first-order chi connectivity index (χ1) is 6.74. The number of halogens is 1. The number of hydrogen-bond donors (Lipinski definition) is 0. The fourth-order valence-electron chi connectivity index (χ4n) is 0.784. The maximum Gasteiger partial charge on any atom is 0.149 e. The van der Waals surface area contributed by atoms with E-state index in [0.717, 1.165) is 24.7 Å². The number of alkyl halides is 1. The smallest absolute Gasteiger partial charge is 0.149 e. The monoisotopic (exact) mass is 216 g/mol. The highest BCUT2D eigenvalue weighted by Crippen LogP contribution is 2.05. The Morgan fingerprint density at radius 3 is 2.57 bits per heavy atom. The van der Waals surface area contributed by atoms with E-state index in [2.05, 4.69) is 0 Å². The lowest BCUT2D eigenvalue weighted by Gasteiger charge is -1.99. The van der Waals surface area contributed by atoms with Crippen LogP contribution in [0.25, 0.3) is 0 Å². The summed E-state index contributed by atoms with van der Waals surface area (Å²) < 4.78 is 4.77. The molecule has 0 aromatic rings. The van der Waals surface area contributed by atoms with Gasteiger partial charge in [0.1, 0.15) is 6.29 Å². The fraction of sp³-hybridized carbons (Fsp3) is 0.545. The van der Waals surface area contributed by atoms with Crippen LogP contribution in [-0.4, -0.2) is 25.4 Å². The van der Waals surface area contributed by atoms with Crippen LogP contribution in [0.5, 0.6) is 0 Å². The molecule has 0 heterocycles. The summed E-state index contributed by atoms with van der Waals surface area (Å²) in [5.74, 6) is 0.580. The number of methoxy groups -OCH3 is 1. The predicted molar refractivity (Wildman–Crippen MR) is 59.7 cm³/mol. The quantitative estimate of drug-likeness (QED) is 0.536. The normalized spacial score (nSPS) is 16.4. The van der Waals surface area contributed by atoms with Gasteiger partial charge in [-0.2, -0.15) is 0 Å². The molecular weight excluding hydrogens is 200 g/mol. The second kappa shape index (κ2) is 8.97. The van der Waals surface area contributed by atoms with Crippen LogP contribution in [0.4, 0.5) is 0 Å². The average Bonchev–Trinajstić information content (AvgIpc) is 2.30. The molecule has 0 aliphatic heterocycles. The summed E-state index contributed by atoms with van der Waals surface area (Å²) >= 11 is 5.33. The fourth-order valence-corrected chi connectivity index (χ4v) is 0.910. The minimum absolute atomic E-state index is 0.201. The first-order valence-electron chi connectivity index (χ1n) is 4.65. The Labute approximate surface area is 90.6 Å². The highest BCUT2D eigenvalue weighted by atomic mass is 35.5. The van der Waals surface area contributed by atoms with Gasteiger partial charge in [0.15, 0.2) is 0 Å². The number of hydrogen-bond acceptors (Lipinski definition) is 2. The molecule has 0 saturated carbocycles. The Balaban J connectivity index is 0.000000255. The molecule has 3 heteroatoms. The van der Waals surface area contributed by atoms with Crippen molar-refractivity contribution in [2.45, 2.75) is 25.9 Å². The van der Waals surface area contributed by atoms with Crippen molar-refractivity contribution in [3.8, 4) is 0 Å². The molecule has 1 atom stereocenters. The topological polar surface area (TPSA) is 26.3 Å². The van der Waals surface area contributed by atoms with Gasteiger partial charge in [0.05, 0.1) is 6.10 Å². The van der Waals surface area contributed by atoms with Crippen molar-refractivity contribution in [3.63, 3.8) is 0 Å². The molecule has 2 nitrogen and oxygen atoms in total. The number of rotatable bonds is 3. The Morgan fingerprint density at radius 2 is 2.36 bits per heavy atom. The van der Waals surface area contributed by atoms with Crippen LogP contribution in [-0.2, 0) is 9.53 Å². The summed E-state index contributed by atoms with van der Waals surface area (Å²) in [7, 11) is 1.65. The molecule has 0 N–H and O–H groups in total. The van der Waals surface area contributed by atoms with Crippen LogP contribution in [0, 0.1) is 0 Å². The molecule has 0 fully saturated rings. The number of allylic oxidation sites excluding steroid dienone is 4. The van der Waals surface area contributed by atoms with Crippen molar-refractivity contribution in [2.75, 3.05) is 13.0 Å². The van der Waals surface area contributed by atoms with Gasteiger partial charge in [-0.1, -0.05) is 18.2 Å². The second-order valence-electron chi connectivity index (χ2n) is 3.00. The molecule has 14 heavy (non-hydrogen) atoms. The average molecular weight is 217 g/mol. The Bertz CT molecular complexity index is 205. The highest BCUT2D eigenvalue weighted by Gasteiger charge is 1.91. The van der Waals surface area contributed by atoms with Crippen LogP contribution in [0.2, 0.25) is 0 Å². The third-order valence-corrected chi connectivity index (χ3v) is 2.21. The summed E-state index contributed by atoms with van der Waals surface area (Å²) in [4.78, 5) is 10.0. The summed E-state index contributed by atoms with van der Waals surface area (Å²) in [6, 6.07) is 0. The van der Waals surface area contributed by atoms with E-state index in [1.807, 2.05) is 25.2 Å². The SMILES string of the molecule is CO[C@H](C)CCl.O=CC1=CCCC=C1. The zero-order valence-corrected chi connectivity index (χ0v) is 9.46. The lowest BCUT2D eigenvalue weighted by Crippen LogP contribution is -2.04. The van der Waals surface area contributed by atoms with E-state index in [-0.39, 0.29) is 6.10 Å². The van der Waals surface area contributed by atoms with Crippen molar-refractivity contribution in [3.05, 3.63) is 23.8 Å². The van der Waals surface area contributed by atoms with Gasteiger partial charge in [0.25, 0.3) is 0 Å². The van der Waals surface area contributed by atoms with Crippen molar-refractivity contribution in [1.82, 2.24) is 0 Å². The van der Waals surface area contributed by atoms with E-state index >= 15 is 0 Å². The summed E-state index contributed by atoms with van der Waals surface area (Å²) in [6.45, 7) is 1.92. The molecule has 0 saturated heterocycles. The van der Waals surface area contributed by atoms with Gasteiger partial charge in [-0.3, -0.25) is 4.79 Å². The molecule has 0 bridgehead atoms. The third-order valence-electron chi connectivity index (χ3n) is 1.78. The van der Waals surface area contributed by atoms with Crippen molar-refractivity contribution >= 4 is 17.9 Å². The van der Waals surface area contributed by atoms with Gasteiger partial charge < -0.3 is 4.74 Å². The van der Waals surface area contributed by atoms with Gasteiger partial charge in [-0.05, 0) is 19.8 Å². The van der Waals surface area contributed by atoms with Crippen molar-refractivity contribution in [1.29, 1.82) is 0 Å². The molecule has 1 rings (SSSR count). The molecule has 0 aromatic heterocycles. The first-order valence-corrected chi connectivity index (χ1v) is 5.18. The molecule has 1 aliphatic carbocycles. The standard InChI is InChI=1S/C7H8O.C4H9ClO/c8-6-7-4-2-1-3-5-7;1-4(3-5)6-2/h2,4-6H,1,3H2;4H,3H2,1-2H3/t;4-/m.1/s1. The maximum absolute atomic E-state index is 10.0. The number of ether oxygens (including phenoxy) is 1. The third kappa shape index (κ3) is 6.87. The van der Waals surface area contributed by atoms with E-state index < -0.39 is 0 Å². The minimum Gasteiger partial charge on any atom is -0.381 e. The zero-order valence-electron chi connectivity index (χ0n) is 8.70. The number of aldehydes is 1. The van der Waals surface area contributed by atoms with Gasteiger partial charge in [0.2, 0.25) is 0 Å². The van der Waals surface area contributed by atoms with Crippen LogP contribution >= 0.6 is 11.6 Å². The molecule has 0 aromatic carbocycles. The van der Waals surface area contributed by atoms with Gasteiger partial charge in [0, 0.05) is 18.6 Å². The van der Waals surface area contributed by atoms with Crippen molar-refractivity contribution < 1.29 is 9.53 Å². The second-order valence-corrected chi connectivity index (χ2v) is 3.31. The van der Waals surface area contributed by atoms with Crippen LogP contribution in [0.15, 0.2) is 23.8 Å². The predicted octanol–water partition coefficient (Wildman–Crippen LogP) is 2.72. The Morgan fingerprint density at radius 1 is 1.64 bits per heavy atom. The number of carbonyl (C=O) groups excluding carboxylic acids is 1. The maximum atomic E-state index is 10.0. The summed E-state index contributed by atoms with van der Waals surface area (Å²) in [5, 5.41) is 0. The minimum atomic E-state index is 0.201. The van der Waals surface area contributed by atoms with Crippen LogP contribution in [0.1, 0.15) is 19.8 Å². The van der Waals surface area contributed by atoms with Gasteiger partial charge >= 0.3 is 0 Å². The van der Waals surface area contributed by atoms with Gasteiger partial charge in [-0.15, -0.1) is 11.6 Å². The van der Waals surface area contributed by atoms with Crippen LogP contribution < -0.4 is 0 Å². The Hall–Kier alpha value is -0.600. The molecule has 80 valence electrons. The molecule has 0 unspecified atom stereocenters. The largest absolute Gasteiger partial charge is 0.381 e. The molecule has 0 amide bonds. The lowest BCUT2D eigenvalue weighted by molar-refractivity contribution is -0.104. The first kappa shape index (κ1) is 13.4. The molecule has 1 aliphatic rings. The van der Waals surface area contributed by atoms with Crippen molar-refractivity contribution in [2.24, 2.45) is 0 Å².